The molecule has 8 heteroatoms. The standard InChI is InChI=1S/C50H76N2O6/c1-32(2)35-22-27-50(51-30-14-12-10-11-13-15-41(54)52-34-18-16-33(17-19-34)43(55)56)29-28-48(8)37(42(35)50)20-21-40-47(7)25-23-36(38(53)31-45(3,4)44(57)58)46(5,6)39(47)24-26-49(40,48)9/h16-19,35-37,39-40,42,51H,1,10-15,20-31H2,2-9H3,(H,52,54)(H,55,56)(H,57,58)/t35-,36+,37?,39?,40?,42?,47-,48+,49+,50-/m0/s1. The van der Waals surface area contributed by atoms with Crippen molar-refractivity contribution in [1.29, 1.82) is 0 Å². The number of aromatic carboxylic acids is 1. The van der Waals surface area contributed by atoms with E-state index in [4.69, 9.17) is 5.11 Å². The molecular formula is C50H76N2O6. The van der Waals surface area contributed by atoms with Gasteiger partial charge in [-0.25, -0.2) is 4.79 Å². The highest BCUT2D eigenvalue weighted by Crippen LogP contribution is 2.77. The second-order valence-corrected chi connectivity index (χ2v) is 22.0. The summed E-state index contributed by atoms with van der Waals surface area (Å²) >= 11 is 0. The topological polar surface area (TPSA) is 133 Å². The van der Waals surface area contributed by atoms with Gasteiger partial charge in [0.15, 0.2) is 0 Å². The van der Waals surface area contributed by atoms with Gasteiger partial charge in [-0.05, 0) is 180 Å². The Morgan fingerprint density at radius 3 is 2.10 bits per heavy atom. The maximum Gasteiger partial charge on any atom is 0.335 e. The number of carbonyl (C=O) groups excluding carboxylic acids is 2. The van der Waals surface area contributed by atoms with Crippen LogP contribution < -0.4 is 10.6 Å². The zero-order valence-corrected chi connectivity index (χ0v) is 37.2. The van der Waals surface area contributed by atoms with E-state index in [0.717, 1.165) is 57.9 Å². The Kier molecular flexibility index (Phi) is 12.6. The van der Waals surface area contributed by atoms with E-state index < -0.39 is 17.4 Å². The van der Waals surface area contributed by atoms with E-state index >= 15 is 0 Å². The summed E-state index contributed by atoms with van der Waals surface area (Å²) in [5.74, 6) is 1.06. The summed E-state index contributed by atoms with van der Waals surface area (Å²) in [6.45, 7) is 23.9. The van der Waals surface area contributed by atoms with Gasteiger partial charge in [0.05, 0.1) is 11.0 Å². The van der Waals surface area contributed by atoms with E-state index in [1.807, 2.05) is 0 Å². The molecule has 0 bridgehead atoms. The Balaban J connectivity index is 1.06. The zero-order valence-electron chi connectivity index (χ0n) is 37.2. The summed E-state index contributed by atoms with van der Waals surface area (Å²) in [6, 6.07) is 6.29. The minimum absolute atomic E-state index is 0.0283. The Bertz CT molecular complexity index is 1730. The fraction of sp³-hybridized carbons (Fsp3) is 0.760. The number of unbranched alkanes of at least 4 members (excludes halogenated alkanes) is 4. The van der Waals surface area contributed by atoms with E-state index in [-0.39, 0.29) is 56.8 Å². The number of hydrogen-bond acceptors (Lipinski definition) is 5. The number of rotatable bonds is 16. The average molecular weight is 801 g/mol. The van der Waals surface area contributed by atoms with Gasteiger partial charge in [0.2, 0.25) is 5.91 Å². The molecule has 0 spiro atoms. The number of benzene rings is 1. The summed E-state index contributed by atoms with van der Waals surface area (Å²) in [5.41, 5.74) is 1.81. The largest absolute Gasteiger partial charge is 0.481 e. The van der Waals surface area contributed by atoms with E-state index in [1.54, 1.807) is 26.0 Å². The van der Waals surface area contributed by atoms with Crippen molar-refractivity contribution in [1.82, 2.24) is 5.32 Å². The first-order valence-corrected chi connectivity index (χ1v) is 22.9. The number of fused-ring (bicyclic) bond motifs is 7. The van der Waals surface area contributed by atoms with Crippen molar-refractivity contribution in [3.8, 4) is 0 Å². The van der Waals surface area contributed by atoms with Crippen molar-refractivity contribution in [2.24, 2.45) is 62.6 Å². The van der Waals surface area contributed by atoms with Crippen molar-refractivity contribution in [3.05, 3.63) is 42.0 Å². The summed E-state index contributed by atoms with van der Waals surface area (Å²) in [5, 5.41) is 26.0. The average Bonchev–Trinajstić information content (AvgIpc) is 3.53. The third kappa shape index (κ3) is 7.86. The highest BCUT2D eigenvalue weighted by atomic mass is 16.4. The lowest BCUT2D eigenvalue weighted by atomic mass is 9.32. The number of carboxylic acids is 2. The lowest BCUT2D eigenvalue weighted by Gasteiger charge is -2.73. The number of carbonyl (C=O) groups is 4. The monoisotopic (exact) mass is 801 g/mol. The van der Waals surface area contributed by atoms with Crippen molar-refractivity contribution < 1.29 is 29.4 Å². The van der Waals surface area contributed by atoms with E-state index in [9.17, 15) is 24.3 Å². The molecule has 1 amide bonds. The molecule has 58 heavy (non-hydrogen) atoms. The van der Waals surface area contributed by atoms with Crippen molar-refractivity contribution in [2.75, 3.05) is 11.9 Å². The molecule has 1 aromatic rings. The number of carboxylic acid groups (broad SMARTS) is 2. The van der Waals surface area contributed by atoms with Crippen molar-refractivity contribution in [3.63, 3.8) is 0 Å². The lowest BCUT2D eigenvalue weighted by Crippen LogP contribution is -2.68. The van der Waals surface area contributed by atoms with Crippen LogP contribution in [0.5, 0.6) is 0 Å². The molecular weight excluding hydrogens is 725 g/mol. The van der Waals surface area contributed by atoms with Crippen LogP contribution in [0.3, 0.4) is 0 Å². The molecule has 4 N–H and O–H groups in total. The van der Waals surface area contributed by atoms with Crippen LogP contribution in [-0.4, -0.2) is 45.9 Å². The normalized spacial score (nSPS) is 36.4. The first kappa shape index (κ1) is 44.5. The van der Waals surface area contributed by atoms with Crippen LogP contribution in [0.25, 0.3) is 0 Å². The van der Waals surface area contributed by atoms with Gasteiger partial charge in [-0.3, -0.25) is 14.4 Å². The number of anilines is 1. The maximum absolute atomic E-state index is 13.9. The maximum atomic E-state index is 13.9. The van der Waals surface area contributed by atoms with Crippen LogP contribution in [0.15, 0.2) is 36.4 Å². The molecule has 10 atom stereocenters. The number of Topliss-reactive ketones (excluding diaryl/α,β-unsaturated/α-hetero) is 1. The zero-order chi connectivity index (χ0) is 42.5. The minimum atomic E-state index is -1.04. The molecule has 1 aromatic carbocycles. The van der Waals surface area contributed by atoms with Crippen LogP contribution in [0, 0.1) is 62.6 Å². The molecule has 8 nitrogen and oxygen atoms in total. The van der Waals surface area contributed by atoms with Gasteiger partial charge in [-0.1, -0.05) is 66.0 Å². The molecule has 4 unspecified atom stereocenters. The number of ketones is 1. The van der Waals surface area contributed by atoms with Crippen LogP contribution >= 0.6 is 0 Å². The summed E-state index contributed by atoms with van der Waals surface area (Å²) in [4.78, 5) is 49.4. The van der Waals surface area contributed by atoms with Crippen LogP contribution in [0.4, 0.5) is 5.69 Å². The Hall–Kier alpha value is -3.00. The van der Waals surface area contributed by atoms with Crippen LogP contribution in [-0.2, 0) is 14.4 Å². The fourth-order valence-electron chi connectivity index (χ4n) is 14.9. The first-order chi connectivity index (χ1) is 27.1. The Morgan fingerprint density at radius 1 is 0.776 bits per heavy atom. The van der Waals surface area contributed by atoms with Crippen LogP contribution in [0.2, 0.25) is 0 Å². The third-order valence-electron chi connectivity index (χ3n) is 18.2. The van der Waals surface area contributed by atoms with Gasteiger partial charge in [0.25, 0.3) is 0 Å². The highest BCUT2D eigenvalue weighted by Gasteiger charge is 2.71. The molecule has 5 fully saturated rings. The number of aliphatic carboxylic acids is 1. The molecule has 0 radical (unpaired) electrons. The van der Waals surface area contributed by atoms with Gasteiger partial charge in [-0.15, -0.1) is 0 Å². The first-order valence-electron chi connectivity index (χ1n) is 22.9. The molecule has 0 saturated heterocycles. The van der Waals surface area contributed by atoms with Gasteiger partial charge in [0, 0.05) is 30.0 Å². The van der Waals surface area contributed by atoms with Gasteiger partial charge in [-0.2, -0.15) is 0 Å². The lowest BCUT2D eigenvalue weighted by molar-refractivity contribution is -0.237. The molecule has 322 valence electrons. The van der Waals surface area contributed by atoms with Gasteiger partial charge < -0.3 is 20.8 Å². The van der Waals surface area contributed by atoms with E-state index in [0.29, 0.717) is 41.7 Å². The molecule has 0 aliphatic heterocycles. The van der Waals surface area contributed by atoms with Crippen molar-refractivity contribution in [2.45, 2.75) is 170 Å². The summed E-state index contributed by atoms with van der Waals surface area (Å²) in [7, 11) is 0. The Morgan fingerprint density at radius 2 is 1.45 bits per heavy atom. The second-order valence-electron chi connectivity index (χ2n) is 22.0. The molecule has 0 aromatic heterocycles. The number of allylic oxidation sites excluding steroid dienone is 1. The number of nitrogens with one attached hydrogen (secondary N) is 2. The number of amides is 1. The van der Waals surface area contributed by atoms with Gasteiger partial charge in [0.1, 0.15) is 5.78 Å². The van der Waals surface area contributed by atoms with Gasteiger partial charge >= 0.3 is 11.9 Å². The molecule has 5 aliphatic carbocycles. The predicted octanol–water partition coefficient (Wildman–Crippen LogP) is 11.3. The van der Waals surface area contributed by atoms with E-state index in [1.165, 1.54) is 62.7 Å². The SMILES string of the molecule is C=C(C)[C@@H]1CC[C@]2(NCCCCCCCC(=O)Nc3ccc(C(=O)O)cc3)CC[C@]3(C)C(CCC4[C@@]5(C)CC[C@H](C(=O)CC(C)(C)C(=O)O)C(C)(C)C5CC[C@]43C)C12. The third-order valence-corrected chi connectivity index (χ3v) is 18.2. The number of hydrogen-bond donors (Lipinski definition) is 4. The molecule has 6 rings (SSSR count). The quantitative estimate of drug-likeness (QED) is 0.0966. The summed E-state index contributed by atoms with van der Waals surface area (Å²) in [6.07, 6.45) is 17.6. The van der Waals surface area contributed by atoms with Crippen LogP contribution in [0.1, 0.15) is 175 Å². The molecule has 0 heterocycles. The fourth-order valence-corrected chi connectivity index (χ4v) is 14.9. The highest BCUT2D eigenvalue weighted by molar-refractivity contribution is 5.92. The minimum Gasteiger partial charge on any atom is -0.481 e. The van der Waals surface area contributed by atoms with Crippen molar-refractivity contribution >= 4 is 29.3 Å². The smallest absolute Gasteiger partial charge is 0.335 e. The predicted molar refractivity (Wildman–Crippen MR) is 232 cm³/mol. The summed E-state index contributed by atoms with van der Waals surface area (Å²) < 4.78 is 0. The molecule has 5 aliphatic rings. The Labute approximate surface area is 349 Å². The van der Waals surface area contributed by atoms with E-state index in [2.05, 4.69) is 58.8 Å². The molecule has 5 saturated carbocycles. The second kappa shape index (κ2) is 16.5.